The number of phenolic OH excluding ortho intramolecular Hbond substituents is 1. The van der Waals surface area contributed by atoms with Crippen LogP contribution in [0.1, 0.15) is 20.7 Å². The van der Waals surface area contributed by atoms with Crippen molar-refractivity contribution >= 4 is 11.8 Å². The summed E-state index contributed by atoms with van der Waals surface area (Å²) in [6, 6.07) is 12.5. The van der Waals surface area contributed by atoms with Crippen LogP contribution in [0.5, 0.6) is 11.5 Å². The molecule has 0 radical (unpaired) electrons. The summed E-state index contributed by atoms with van der Waals surface area (Å²) < 4.78 is 4.99. The highest BCUT2D eigenvalue weighted by Crippen LogP contribution is 2.15. The van der Waals surface area contributed by atoms with E-state index in [0.717, 1.165) is 0 Å². The molecule has 0 aromatic heterocycles. The Balaban J connectivity index is 1.97. The molecule has 0 aliphatic heterocycles. The number of hydrogen-bond acceptors (Lipinski definition) is 4. The van der Waals surface area contributed by atoms with Gasteiger partial charge in [-0.2, -0.15) is 0 Å². The predicted octanol–water partition coefficient (Wildman–Crippen LogP) is 1.48. The summed E-state index contributed by atoms with van der Waals surface area (Å²) in [5.74, 6) is -0.602. The van der Waals surface area contributed by atoms with Gasteiger partial charge >= 0.3 is 0 Å². The Morgan fingerprint density at radius 2 is 1.57 bits per heavy atom. The van der Waals surface area contributed by atoms with Gasteiger partial charge in [-0.3, -0.25) is 20.4 Å². The highest BCUT2D eigenvalue weighted by molar-refractivity contribution is 6.00. The minimum atomic E-state index is -0.602. The zero-order valence-electron chi connectivity index (χ0n) is 11.3. The monoisotopic (exact) mass is 286 g/mol. The van der Waals surface area contributed by atoms with Gasteiger partial charge in [-0.15, -0.1) is 0 Å². The molecule has 3 N–H and O–H groups in total. The van der Waals surface area contributed by atoms with Crippen LogP contribution in [0.4, 0.5) is 0 Å². The van der Waals surface area contributed by atoms with Crippen molar-refractivity contribution in [2.24, 2.45) is 0 Å². The molecule has 108 valence electrons. The lowest BCUT2D eigenvalue weighted by Crippen LogP contribution is -2.41. The molecule has 2 aromatic carbocycles. The summed E-state index contributed by atoms with van der Waals surface area (Å²) in [6.45, 7) is 0. The summed E-state index contributed by atoms with van der Waals surface area (Å²) in [7, 11) is 1.53. The molecule has 2 amide bonds. The molecule has 0 heterocycles. The maximum atomic E-state index is 11.8. The molecular formula is C15H14N2O4. The Kier molecular flexibility index (Phi) is 4.40. The summed E-state index contributed by atoms with van der Waals surface area (Å²) in [6.07, 6.45) is 0. The fourth-order valence-corrected chi connectivity index (χ4v) is 1.66. The quantitative estimate of drug-likeness (QED) is 0.746. The molecule has 0 atom stereocenters. The molecular weight excluding hydrogens is 272 g/mol. The van der Waals surface area contributed by atoms with Gasteiger partial charge in [0.1, 0.15) is 11.5 Å². The molecule has 0 bridgehead atoms. The van der Waals surface area contributed by atoms with E-state index < -0.39 is 11.8 Å². The van der Waals surface area contributed by atoms with Gasteiger partial charge in [0.05, 0.1) is 12.7 Å². The number of ether oxygens (including phenoxy) is 1. The van der Waals surface area contributed by atoms with Crippen LogP contribution in [0.15, 0.2) is 48.5 Å². The molecule has 6 nitrogen and oxygen atoms in total. The molecule has 6 heteroatoms. The zero-order valence-corrected chi connectivity index (χ0v) is 11.3. The number of phenols is 1. The Morgan fingerprint density at radius 3 is 2.19 bits per heavy atom. The maximum Gasteiger partial charge on any atom is 0.273 e. The van der Waals surface area contributed by atoms with Gasteiger partial charge in [-0.25, -0.2) is 0 Å². The number of carbonyl (C=O) groups excluding carboxylic acids is 2. The van der Waals surface area contributed by atoms with Crippen LogP contribution in [0.3, 0.4) is 0 Å². The fourth-order valence-electron chi connectivity index (χ4n) is 1.66. The van der Waals surface area contributed by atoms with E-state index >= 15 is 0 Å². The van der Waals surface area contributed by atoms with E-state index in [0.29, 0.717) is 11.3 Å². The second-order valence-electron chi connectivity index (χ2n) is 4.15. The number of hydrazine groups is 1. The highest BCUT2D eigenvalue weighted by Gasteiger charge is 2.12. The molecule has 0 saturated heterocycles. The van der Waals surface area contributed by atoms with Gasteiger partial charge in [-0.05, 0) is 36.4 Å². The lowest BCUT2D eigenvalue weighted by atomic mass is 10.2. The van der Waals surface area contributed by atoms with Crippen molar-refractivity contribution in [3.05, 3.63) is 59.7 Å². The number of para-hydroxylation sites is 1. The van der Waals surface area contributed by atoms with Crippen molar-refractivity contribution < 1.29 is 19.4 Å². The van der Waals surface area contributed by atoms with Crippen LogP contribution in [-0.4, -0.2) is 24.0 Å². The minimum absolute atomic E-state index is 0.0764. The Morgan fingerprint density at radius 1 is 0.952 bits per heavy atom. The van der Waals surface area contributed by atoms with Gasteiger partial charge in [-0.1, -0.05) is 12.1 Å². The van der Waals surface area contributed by atoms with Crippen molar-refractivity contribution in [2.75, 3.05) is 7.11 Å². The summed E-state index contributed by atoms with van der Waals surface area (Å²) in [5.41, 5.74) is 4.95. The maximum absolute atomic E-state index is 11.8. The van der Waals surface area contributed by atoms with Crippen LogP contribution in [0.2, 0.25) is 0 Å². The van der Waals surface area contributed by atoms with Gasteiger partial charge in [0.15, 0.2) is 0 Å². The Labute approximate surface area is 121 Å². The van der Waals surface area contributed by atoms with Crippen LogP contribution in [-0.2, 0) is 0 Å². The van der Waals surface area contributed by atoms with Crippen molar-refractivity contribution in [2.45, 2.75) is 0 Å². The first-order valence-electron chi connectivity index (χ1n) is 6.14. The van der Waals surface area contributed by atoms with Gasteiger partial charge in [0.25, 0.3) is 11.8 Å². The van der Waals surface area contributed by atoms with Crippen LogP contribution in [0, 0.1) is 0 Å². The minimum Gasteiger partial charge on any atom is -0.507 e. The topological polar surface area (TPSA) is 87.7 Å². The van der Waals surface area contributed by atoms with Crippen LogP contribution < -0.4 is 15.6 Å². The van der Waals surface area contributed by atoms with Crippen molar-refractivity contribution in [1.82, 2.24) is 10.9 Å². The number of methoxy groups -OCH3 is 1. The third-order valence-corrected chi connectivity index (χ3v) is 2.79. The fraction of sp³-hybridized carbons (Fsp3) is 0.0667. The predicted molar refractivity (Wildman–Crippen MR) is 76.0 cm³/mol. The molecule has 0 saturated carbocycles. The Bertz CT molecular complexity index is 653. The van der Waals surface area contributed by atoms with Crippen molar-refractivity contribution in [3.8, 4) is 11.5 Å². The number of benzene rings is 2. The lowest BCUT2D eigenvalue weighted by Gasteiger charge is -2.08. The summed E-state index contributed by atoms with van der Waals surface area (Å²) in [4.78, 5) is 23.6. The van der Waals surface area contributed by atoms with E-state index in [4.69, 9.17) is 4.74 Å². The van der Waals surface area contributed by atoms with E-state index in [2.05, 4.69) is 10.9 Å². The summed E-state index contributed by atoms with van der Waals surface area (Å²) in [5, 5.41) is 9.53. The molecule has 0 aliphatic carbocycles. The third kappa shape index (κ3) is 3.50. The van der Waals surface area contributed by atoms with Crippen molar-refractivity contribution in [1.29, 1.82) is 0 Å². The number of carbonyl (C=O) groups is 2. The molecule has 2 aromatic rings. The SMILES string of the molecule is COc1ccc(C(=O)NNC(=O)c2ccccc2O)cc1. The smallest absolute Gasteiger partial charge is 0.273 e. The molecule has 0 spiro atoms. The van der Waals surface area contributed by atoms with E-state index in [1.54, 1.807) is 36.4 Å². The highest BCUT2D eigenvalue weighted by atomic mass is 16.5. The molecule has 0 unspecified atom stereocenters. The number of nitrogens with one attached hydrogen (secondary N) is 2. The number of rotatable bonds is 3. The first-order valence-corrected chi connectivity index (χ1v) is 6.14. The van der Waals surface area contributed by atoms with Crippen LogP contribution >= 0.6 is 0 Å². The standard InChI is InChI=1S/C15H14N2O4/c1-21-11-8-6-10(7-9-11)14(19)16-17-15(20)12-4-2-3-5-13(12)18/h2-9,18H,1H3,(H,16,19)(H,17,20). The zero-order chi connectivity index (χ0) is 15.2. The molecule has 0 aliphatic rings. The number of aromatic hydroxyl groups is 1. The van der Waals surface area contributed by atoms with Crippen molar-refractivity contribution in [3.63, 3.8) is 0 Å². The largest absolute Gasteiger partial charge is 0.507 e. The van der Waals surface area contributed by atoms with E-state index in [-0.39, 0.29) is 11.3 Å². The van der Waals surface area contributed by atoms with Gasteiger partial charge in [0.2, 0.25) is 0 Å². The average molecular weight is 286 g/mol. The first-order chi connectivity index (χ1) is 10.1. The van der Waals surface area contributed by atoms with Gasteiger partial charge < -0.3 is 9.84 Å². The van der Waals surface area contributed by atoms with E-state index in [1.165, 1.54) is 19.2 Å². The Hall–Kier alpha value is -3.02. The molecule has 21 heavy (non-hydrogen) atoms. The average Bonchev–Trinajstić information content (AvgIpc) is 2.52. The molecule has 0 fully saturated rings. The first kappa shape index (κ1) is 14.4. The second-order valence-corrected chi connectivity index (χ2v) is 4.15. The second kappa shape index (κ2) is 6.42. The van der Waals surface area contributed by atoms with E-state index in [9.17, 15) is 14.7 Å². The van der Waals surface area contributed by atoms with E-state index in [1.807, 2.05) is 0 Å². The van der Waals surface area contributed by atoms with Gasteiger partial charge in [0, 0.05) is 5.56 Å². The summed E-state index contributed by atoms with van der Waals surface area (Å²) >= 11 is 0. The number of hydrogen-bond donors (Lipinski definition) is 3. The molecule has 2 rings (SSSR count). The lowest BCUT2D eigenvalue weighted by molar-refractivity contribution is 0.0845. The number of amides is 2. The third-order valence-electron chi connectivity index (χ3n) is 2.79. The normalized spacial score (nSPS) is 9.76. The van der Waals surface area contributed by atoms with Crippen LogP contribution in [0.25, 0.3) is 0 Å².